The van der Waals surface area contributed by atoms with Gasteiger partial charge in [0, 0.05) is 5.39 Å². The van der Waals surface area contributed by atoms with Crippen LogP contribution in [-0.4, -0.2) is 9.97 Å². The summed E-state index contributed by atoms with van der Waals surface area (Å²) in [5, 5.41) is 0.818. The Kier molecular flexibility index (Phi) is 3.47. The van der Waals surface area contributed by atoms with E-state index >= 15 is 0 Å². The first-order chi connectivity index (χ1) is 9.99. The number of hydrogen-bond acceptors (Lipinski definition) is 2. The second-order valence-electron chi connectivity index (χ2n) is 4.20. The third-order valence-electron chi connectivity index (χ3n) is 2.91. The summed E-state index contributed by atoms with van der Waals surface area (Å²) < 4.78 is 40.1. The largest absolute Gasteiger partial charge is 0.226 e. The Bertz CT molecular complexity index is 868. The maximum absolute atomic E-state index is 13.8. The second-order valence-corrected chi connectivity index (χ2v) is 4.96. The van der Waals surface area contributed by atoms with Crippen LogP contribution in [0.25, 0.3) is 22.3 Å². The van der Waals surface area contributed by atoms with Gasteiger partial charge in [-0.05, 0) is 24.3 Å². The van der Waals surface area contributed by atoms with E-state index in [4.69, 9.17) is 23.2 Å². The fourth-order valence-electron chi connectivity index (χ4n) is 1.90. The molecule has 0 saturated heterocycles. The third kappa shape index (κ3) is 2.32. The third-order valence-corrected chi connectivity index (χ3v) is 3.50. The van der Waals surface area contributed by atoms with Gasteiger partial charge in [0.25, 0.3) is 0 Å². The highest BCUT2D eigenvalue weighted by Crippen LogP contribution is 2.30. The summed E-state index contributed by atoms with van der Waals surface area (Å²) in [7, 11) is 0. The minimum atomic E-state index is -1.59. The van der Waals surface area contributed by atoms with Gasteiger partial charge in [0.1, 0.15) is 5.15 Å². The van der Waals surface area contributed by atoms with Gasteiger partial charge < -0.3 is 0 Å². The van der Waals surface area contributed by atoms with Crippen molar-refractivity contribution in [3.05, 3.63) is 58.0 Å². The summed E-state index contributed by atoms with van der Waals surface area (Å²) in [5.74, 6) is -4.43. The van der Waals surface area contributed by atoms with Crippen LogP contribution in [0.3, 0.4) is 0 Å². The molecule has 0 atom stereocenters. The summed E-state index contributed by atoms with van der Waals surface area (Å²) in [6, 6.07) is 6.73. The van der Waals surface area contributed by atoms with Crippen molar-refractivity contribution in [1.29, 1.82) is 0 Å². The average Bonchev–Trinajstić information content (AvgIpc) is 2.46. The van der Waals surface area contributed by atoms with Crippen molar-refractivity contribution >= 4 is 34.1 Å². The lowest BCUT2D eigenvalue weighted by Gasteiger charge is -2.07. The SMILES string of the molecule is Fc1ccc(-c2nc(Cl)c3cccc(Cl)c3n2)c(F)c1F. The molecule has 0 N–H and O–H groups in total. The molecule has 21 heavy (non-hydrogen) atoms. The Morgan fingerprint density at radius 2 is 1.62 bits per heavy atom. The van der Waals surface area contributed by atoms with E-state index in [-0.39, 0.29) is 16.5 Å². The van der Waals surface area contributed by atoms with Crippen molar-refractivity contribution in [3.63, 3.8) is 0 Å². The zero-order chi connectivity index (χ0) is 15.1. The smallest absolute Gasteiger partial charge is 0.195 e. The van der Waals surface area contributed by atoms with E-state index in [1.54, 1.807) is 18.2 Å². The lowest BCUT2D eigenvalue weighted by Crippen LogP contribution is -1.98. The van der Waals surface area contributed by atoms with Crippen LogP contribution in [0.1, 0.15) is 0 Å². The van der Waals surface area contributed by atoms with Crippen molar-refractivity contribution in [2.45, 2.75) is 0 Å². The Morgan fingerprint density at radius 1 is 0.857 bits per heavy atom. The molecule has 0 bridgehead atoms. The normalized spacial score (nSPS) is 11.1. The Labute approximate surface area is 127 Å². The molecule has 0 fully saturated rings. The van der Waals surface area contributed by atoms with E-state index in [9.17, 15) is 13.2 Å². The van der Waals surface area contributed by atoms with Crippen LogP contribution in [0.2, 0.25) is 10.2 Å². The summed E-state index contributed by atoms with van der Waals surface area (Å²) in [4.78, 5) is 7.99. The number of halogens is 5. The van der Waals surface area contributed by atoms with Crippen LogP contribution in [0.5, 0.6) is 0 Å². The lowest BCUT2D eigenvalue weighted by molar-refractivity contribution is 0.448. The molecule has 0 radical (unpaired) electrons. The number of hydrogen-bond donors (Lipinski definition) is 0. The van der Waals surface area contributed by atoms with E-state index in [0.717, 1.165) is 12.1 Å². The molecule has 2 nitrogen and oxygen atoms in total. The number of benzene rings is 2. The summed E-state index contributed by atoms with van der Waals surface area (Å²) in [6.07, 6.45) is 0. The number of aromatic nitrogens is 2. The standard InChI is InChI=1S/C14H5Cl2F3N2/c15-8-3-1-2-7-12(8)20-14(21-13(7)16)6-4-5-9(17)11(19)10(6)18/h1-5H. The zero-order valence-electron chi connectivity index (χ0n) is 10.2. The molecule has 1 aromatic heterocycles. The van der Waals surface area contributed by atoms with Gasteiger partial charge in [-0.3, -0.25) is 0 Å². The Hall–Kier alpha value is -1.85. The maximum atomic E-state index is 13.8. The molecule has 106 valence electrons. The molecule has 0 aliphatic rings. The fourth-order valence-corrected chi connectivity index (χ4v) is 2.35. The van der Waals surface area contributed by atoms with Gasteiger partial charge in [-0.2, -0.15) is 0 Å². The first-order valence-corrected chi connectivity index (χ1v) is 6.50. The molecule has 0 saturated carbocycles. The van der Waals surface area contributed by atoms with Gasteiger partial charge in [-0.15, -0.1) is 0 Å². The number of nitrogens with zero attached hydrogens (tertiary/aromatic N) is 2. The van der Waals surface area contributed by atoms with Crippen molar-refractivity contribution in [2.24, 2.45) is 0 Å². The van der Waals surface area contributed by atoms with E-state index < -0.39 is 17.5 Å². The maximum Gasteiger partial charge on any atom is 0.195 e. The minimum absolute atomic E-state index is 0.0432. The van der Waals surface area contributed by atoms with Crippen LogP contribution in [0.15, 0.2) is 30.3 Å². The van der Waals surface area contributed by atoms with Crippen molar-refractivity contribution in [3.8, 4) is 11.4 Å². The molecule has 2 aromatic carbocycles. The van der Waals surface area contributed by atoms with Crippen LogP contribution < -0.4 is 0 Å². The molecule has 3 aromatic rings. The summed E-state index contributed by atoms with van der Waals surface area (Å²) in [6.45, 7) is 0. The molecule has 1 heterocycles. The van der Waals surface area contributed by atoms with Gasteiger partial charge in [-0.1, -0.05) is 29.3 Å². The molecule has 0 aliphatic heterocycles. The Balaban J connectivity index is 2.32. The number of rotatable bonds is 1. The molecular formula is C14H5Cl2F3N2. The van der Waals surface area contributed by atoms with Crippen LogP contribution in [-0.2, 0) is 0 Å². The van der Waals surface area contributed by atoms with E-state index in [1.807, 2.05) is 0 Å². The highest BCUT2D eigenvalue weighted by molar-refractivity contribution is 6.38. The molecule has 0 unspecified atom stereocenters. The highest BCUT2D eigenvalue weighted by atomic mass is 35.5. The van der Waals surface area contributed by atoms with Gasteiger partial charge >= 0.3 is 0 Å². The quantitative estimate of drug-likeness (QED) is 0.463. The van der Waals surface area contributed by atoms with E-state index in [2.05, 4.69) is 9.97 Å². The zero-order valence-corrected chi connectivity index (χ0v) is 11.7. The van der Waals surface area contributed by atoms with Gasteiger partial charge in [0.2, 0.25) is 0 Å². The monoisotopic (exact) mass is 328 g/mol. The predicted octanol–water partition coefficient (Wildman–Crippen LogP) is 5.02. The van der Waals surface area contributed by atoms with Crippen LogP contribution >= 0.6 is 23.2 Å². The summed E-state index contributed by atoms with van der Waals surface area (Å²) in [5.41, 5.74) is 0.0101. The lowest BCUT2D eigenvalue weighted by atomic mass is 10.1. The van der Waals surface area contributed by atoms with E-state index in [0.29, 0.717) is 15.9 Å². The molecule has 0 spiro atoms. The van der Waals surface area contributed by atoms with Gasteiger partial charge in [0.15, 0.2) is 23.3 Å². The van der Waals surface area contributed by atoms with Crippen molar-refractivity contribution in [1.82, 2.24) is 9.97 Å². The topological polar surface area (TPSA) is 25.8 Å². The van der Waals surface area contributed by atoms with Crippen LogP contribution in [0, 0.1) is 17.5 Å². The molecule has 0 amide bonds. The van der Waals surface area contributed by atoms with Crippen LogP contribution in [0.4, 0.5) is 13.2 Å². The molecule has 7 heteroatoms. The van der Waals surface area contributed by atoms with Crippen molar-refractivity contribution in [2.75, 3.05) is 0 Å². The number of fused-ring (bicyclic) bond motifs is 1. The molecule has 3 rings (SSSR count). The second kappa shape index (κ2) is 5.16. The highest BCUT2D eigenvalue weighted by Gasteiger charge is 2.18. The first-order valence-electron chi connectivity index (χ1n) is 5.74. The number of para-hydroxylation sites is 1. The van der Waals surface area contributed by atoms with Gasteiger partial charge in [-0.25, -0.2) is 23.1 Å². The minimum Gasteiger partial charge on any atom is -0.226 e. The van der Waals surface area contributed by atoms with Gasteiger partial charge in [0.05, 0.1) is 16.1 Å². The predicted molar refractivity (Wildman–Crippen MR) is 74.9 cm³/mol. The molecule has 0 aliphatic carbocycles. The van der Waals surface area contributed by atoms with Crippen molar-refractivity contribution < 1.29 is 13.2 Å². The average molecular weight is 329 g/mol. The Morgan fingerprint density at radius 3 is 2.38 bits per heavy atom. The summed E-state index contributed by atoms with van der Waals surface area (Å²) >= 11 is 12.0. The van der Waals surface area contributed by atoms with E-state index in [1.165, 1.54) is 0 Å². The molecular weight excluding hydrogens is 324 g/mol. The first kappa shape index (κ1) is 14.1. The fraction of sp³-hybridized carbons (Fsp3) is 0.